The molecule has 0 amide bonds. The zero-order chi connectivity index (χ0) is 10.4. The first-order valence-electron chi connectivity index (χ1n) is 4.92. The van der Waals surface area contributed by atoms with Crippen LogP contribution in [0.1, 0.15) is 5.56 Å². The summed E-state index contributed by atoms with van der Waals surface area (Å²) in [7, 11) is 0. The van der Waals surface area contributed by atoms with E-state index in [1.807, 2.05) is 30.3 Å². The third kappa shape index (κ3) is 1.14. The fourth-order valence-corrected chi connectivity index (χ4v) is 1.98. The fourth-order valence-electron chi connectivity index (χ4n) is 1.98. The van der Waals surface area contributed by atoms with E-state index < -0.39 is 0 Å². The van der Waals surface area contributed by atoms with Gasteiger partial charge in [-0.25, -0.2) is 4.39 Å². The molecule has 0 bridgehead atoms. The van der Waals surface area contributed by atoms with E-state index in [1.165, 1.54) is 0 Å². The number of aromatic nitrogens is 1. The van der Waals surface area contributed by atoms with Gasteiger partial charge in [-0.15, -0.1) is 0 Å². The number of hydrogen-bond acceptors (Lipinski definition) is 0. The molecule has 1 N–H and O–H groups in total. The largest absolute Gasteiger partial charge is 0.354 e. The first kappa shape index (κ1) is 8.48. The second kappa shape index (κ2) is 2.83. The van der Waals surface area contributed by atoms with Crippen molar-refractivity contribution >= 4 is 21.8 Å². The Labute approximate surface area is 86.5 Å². The number of nitrogens with one attached hydrogen (secondary N) is 1. The molecular formula is C13H10FN. The number of H-pyrrole nitrogens is 1. The molecule has 0 radical (unpaired) electrons. The van der Waals surface area contributed by atoms with Gasteiger partial charge in [-0.1, -0.05) is 18.2 Å². The van der Waals surface area contributed by atoms with Gasteiger partial charge in [0, 0.05) is 21.8 Å². The van der Waals surface area contributed by atoms with Crippen LogP contribution in [0.5, 0.6) is 0 Å². The normalized spacial score (nSPS) is 11.3. The van der Waals surface area contributed by atoms with Crippen LogP contribution in [0.15, 0.2) is 36.4 Å². The SMILES string of the molecule is Cc1cc2c(cc1F)[nH]c1ccccc12. The Morgan fingerprint density at radius 2 is 1.80 bits per heavy atom. The van der Waals surface area contributed by atoms with Crippen molar-refractivity contribution in [2.75, 3.05) is 0 Å². The number of halogens is 1. The Morgan fingerprint density at radius 1 is 1.00 bits per heavy atom. The minimum Gasteiger partial charge on any atom is -0.354 e. The molecule has 1 heterocycles. The van der Waals surface area contributed by atoms with Crippen molar-refractivity contribution in [3.8, 4) is 0 Å². The monoisotopic (exact) mass is 199 g/mol. The Kier molecular flexibility index (Phi) is 1.60. The molecule has 3 rings (SSSR count). The maximum atomic E-state index is 13.4. The molecule has 2 aromatic carbocycles. The number of para-hydroxylation sites is 1. The zero-order valence-electron chi connectivity index (χ0n) is 8.34. The molecule has 2 heteroatoms. The molecule has 0 unspecified atom stereocenters. The summed E-state index contributed by atoms with van der Waals surface area (Å²) >= 11 is 0. The van der Waals surface area contributed by atoms with Gasteiger partial charge < -0.3 is 4.98 Å². The average Bonchev–Trinajstić information content (AvgIpc) is 2.57. The highest BCUT2D eigenvalue weighted by Gasteiger charge is 2.06. The summed E-state index contributed by atoms with van der Waals surface area (Å²) in [6.07, 6.45) is 0. The summed E-state index contributed by atoms with van der Waals surface area (Å²) in [5.41, 5.74) is 2.60. The molecule has 1 aromatic heterocycles. The van der Waals surface area contributed by atoms with E-state index in [1.54, 1.807) is 13.0 Å². The Hall–Kier alpha value is -1.83. The summed E-state index contributed by atoms with van der Waals surface area (Å²) < 4.78 is 13.4. The summed E-state index contributed by atoms with van der Waals surface area (Å²) in [5.74, 6) is -0.158. The van der Waals surface area contributed by atoms with E-state index >= 15 is 0 Å². The highest BCUT2D eigenvalue weighted by atomic mass is 19.1. The van der Waals surface area contributed by atoms with Crippen LogP contribution in [0, 0.1) is 12.7 Å². The van der Waals surface area contributed by atoms with Crippen molar-refractivity contribution in [1.29, 1.82) is 0 Å². The van der Waals surface area contributed by atoms with Gasteiger partial charge in [-0.05, 0) is 30.7 Å². The molecule has 0 aliphatic carbocycles. The van der Waals surface area contributed by atoms with Gasteiger partial charge in [-0.2, -0.15) is 0 Å². The third-order valence-corrected chi connectivity index (χ3v) is 2.79. The second-order valence-corrected chi connectivity index (χ2v) is 3.82. The number of benzene rings is 2. The van der Waals surface area contributed by atoms with E-state index in [9.17, 15) is 4.39 Å². The van der Waals surface area contributed by atoms with Gasteiger partial charge in [0.25, 0.3) is 0 Å². The maximum Gasteiger partial charge on any atom is 0.128 e. The van der Waals surface area contributed by atoms with Crippen LogP contribution in [0.4, 0.5) is 4.39 Å². The molecule has 0 aliphatic heterocycles. The van der Waals surface area contributed by atoms with Crippen LogP contribution < -0.4 is 0 Å². The van der Waals surface area contributed by atoms with Crippen molar-refractivity contribution in [3.63, 3.8) is 0 Å². The van der Waals surface area contributed by atoms with E-state index in [0.29, 0.717) is 5.56 Å². The number of fused-ring (bicyclic) bond motifs is 3. The molecule has 0 atom stereocenters. The molecule has 0 fully saturated rings. The van der Waals surface area contributed by atoms with E-state index in [2.05, 4.69) is 4.98 Å². The highest BCUT2D eigenvalue weighted by molar-refractivity contribution is 6.07. The summed E-state index contributed by atoms with van der Waals surface area (Å²) in [6, 6.07) is 11.5. The molecule has 0 saturated heterocycles. The van der Waals surface area contributed by atoms with Crippen LogP contribution in [-0.4, -0.2) is 4.98 Å². The van der Waals surface area contributed by atoms with E-state index in [4.69, 9.17) is 0 Å². The van der Waals surface area contributed by atoms with Crippen molar-refractivity contribution in [3.05, 3.63) is 47.8 Å². The van der Waals surface area contributed by atoms with Crippen molar-refractivity contribution in [1.82, 2.24) is 4.98 Å². The second-order valence-electron chi connectivity index (χ2n) is 3.82. The van der Waals surface area contributed by atoms with Gasteiger partial charge in [0.2, 0.25) is 0 Å². The average molecular weight is 199 g/mol. The molecule has 74 valence electrons. The van der Waals surface area contributed by atoms with Crippen LogP contribution in [0.3, 0.4) is 0 Å². The smallest absolute Gasteiger partial charge is 0.128 e. The van der Waals surface area contributed by atoms with Crippen LogP contribution in [-0.2, 0) is 0 Å². The lowest BCUT2D eigenvalue weighted by Crippen LogP contribution is -1.80. The maximum absolute atomic E-state index is 13.4. The topological polar surface area (TPSA) is 15.8 Å². The number of aryl methyl sites for hydroxylation is 1. The van der Waals surface area contributed by atoms with Crippen LogP contribution in [0.2, 0.25) is 0 Å². The first-order chi connectivity index (χ1) is 7.25. The minimum atomic E-state index is -0.158. The van der Waals surface area contributed by atoms with Gasteiger partial charge >= 0.3 is 0 Å². The molecule has 0 aliphatic rings. The third-order valence-electron chi connectivity index (χ3n) is 2.79. The standard InChI is InChI=1S/C13H10FN/c1-8-6-10-9-4-2-3-5-12(9)15-13(10)7-11(8)14/h2-7,15H,1H3. The summed E-state index contributed by atoms with van der Waals surface area (Å²) in [4.78, 5) is 3.21. The van der Waals surface area contributed by atoms with Crippen LogP contribution >= 0.6 is 0 Å². The lowest BCUT2D eigenvalue weighted by molar-refractivity contribution is 0.620. The van der Waals surface area contributed by atoms with Gasteiger partial charge in [0.1, 0.15) is 5.82 Å². The molecule has 1 nitrogen and oxygen atoms in total. The lowest BCUT2D eigenvalue weighted by Gasteiger charge is -1.96. The quantitative estimate of drug-likeness (QED) is 0.567. The van der Waals surface area contributed by atoms with Crippen molar-refractivity contribution < 1.29 is 4.39 Å². The number of hydrogen-bond donors (Lipinski definition) is 1. The molecule has 15 heavy (non-hydrogen) atoms. The predicted molar refractivity (Wildman–Crippen MR) is 60.5 cm³/mol. The molecule has 0 spiro atoms. The van der Waals surface area contributed by atoms with Crippen molar-refractivity contribution in [2.45, 2.75) is 6.92 Å². The van der Waals surface area contributed by atoms with Gasteiger partial charge in [-0.3, -0.25) is 0 Å². The fraction of sp³-hybridized carbons (Fsp3) is 0.0769. The summed E-state index contributed by atoms with van der Waals surface area (Å²) in [5, 5.41) is 2.24. The predicted octanol–water partition coefficient (Wildman–Crippen LogP) is 3.77. The minimum absolute atomic E-state index is 0.158. The Bertz CT molecular complexity index is 652. The van der Waals surface area contributed by atoms with Crippen molar-refractivity contribution in [2.24, 2.45) is 0 Å². The number of aromatic amines is 1. The first-order valence-corrected chi connectivity index (χ1v) is 4.92. The Morgan fingerprint density at radius 3 is 2.67 bits per heavy atom. The zero-order valence-corrected chi connectivity index (χ0v) is 8.34. The Balaban J connectivity index is 2.56. The van der Waals surface area contributed by atoms with Gasteiger partial charge in [0.15, 0.2) is 0 Å². The van der Waals surface area contributed by atoms with Gasteiger partial charge in [0.05, 0.1) is 0 Å². The van der Waals surface area contributed by atoms with E-state index in [0.717, 1.165) is 21.8 Å². The molecular weight excluding hydrogens is 189 g/mol. The van der Waals surface area contributed by atoms with E-state index in [-0.39, 0.29) is 5.82 Å². The molecule has 0 saturated carbocycles. The highest BCUT2D eigenvalue weighted by Crippen LogP contribution is 2.26. The lowest BCUT2D eigenvalue weighted by atomic mass is 10.1. The summed E-state index contributed by atoms with van der Waals surface area (Å²) in [6.45, 7) is 1.79. The number of rotatable bonds is 0. The van der Waals surface area contributed by atoms with Crippen LogP contribution in [0.25, 0.3) is 21.8 Å². The molecule has 3 aromatic rings.